The van der Waals surface area contributed by atoms with E-state index in [9.17, 15) is 0 Å². The maximum atomic E-state index is 3.68. The fraction of sp³-hybridized carbons (Fsp3) is 0.571. The molecule has 0 saturated heterocycles. The van der Waals surface area contributed by atoms with Crippen LogP contribution in [0.25, 0.3) is 0 Å². The molecule has 0 aliphatic heterocycles. The van der Waals surface area contributed by atoms with Gasteiger partial charge in [0.1, 0.15) is 0 Å². The summed E-state index contributed by atoms with van der Waals surface area (Å²) in [6, 6.07) is 8.61. The van der Waals surface area contributed by atoms with Crippen LogP contribution in [0.15, 0.2) is 28.7 Å². The molecule has 1 aliphatic rings. The fourth-order valence-corrected chi connectivity index (χ4v) is 2.33. The van der Waals surface area contributed by atoms with Crippen LogP contribution in [0.4, 0.5) is 0 Å². The van der Waals surface area contributed by atoms with Crippen molar-refractivity contribution in [1.29, 1.82) is 0 Å². The van der Waals surface area contributed by atoms with Gasteiger partial charge in [0.15, 0.2) is 0 Å². The van der Waals surface area contributed by atoms with Gasteiger partial charge in [-0.3, -0.25) is 0 Å². The molecule has 1 saturated carbocycles. The third-order valence-corrected chi connectivity index (χ3v) is 4.15. The summed E-state index contributed by atoms with van der Waals surface area (Å²) in [7, 11) is 0. The zero-order valence-corrected chi connectivity index (χ0v) is 11.7. The molecule has 1 aromatic carbocycles. The largest absolute Gasteiger partial charge is 0.308 e. The molecule has 0 aromatic heterocycles. The lowest BCUT2D eigenvalue weighted by atomic mass is 9.84. The van der Waals surface area contributed by atoms with Crippen LogP contribution in [0.3, 0.4) is 0 Å². The molecule has 0 bridgehead atoms. The number of rotatable bonds is 4. The lowest BCUT2D eigenvalue weighted by molar-refractivity contribution is 0.264. The van der Waals surface area contributed by atoms with Crippen molar-refractivity contribution < 1.29 is 0 Å². The highest BCUT2D eigenvalue weighted by molar-refractivity contribution is 9.10. The standard InChI is InChI=1S/C14H20BrN/c1-14(2,16-10-11-4-3-5-11)12-6-8-13(15)9-7-12/h6-9,11,16H,3-5,10H2,1-2H3. The number of hydrogen-bond acceptors (Lipinski definition) is 1. The second-order valence-electron chi connectivity index (χ2n) is 5.31. The molecule has 0 radical (unpaired) electrons. The monoisotopic (exact) mass is 281 g/mol. The normalized spacial score (nSPS) is 17.2. The molecule has 88 valence electrons. The third-order valence-electron chi connectivity index (χ3n) is 3.62. The van der Waals surface area contributed by atoms with Crippen molar-refractivity contribution in [2.75, 3.05) is 6.54 Å². The fourth-order valence-electron chi connectivity index (χ4n) is 2.07. The molecule has 1 nitrogen and oxygen atoms in total. The summed E-state index contributed by atoms with van der Waals surface area (Å²) in [5.74, 6) is 0.912. The van der Waals surface area contributed by atoms with Gasteiger partial charge >= 0.3 is 0 Å². The Balaban J connectivity index is 1.96. The van der Waals surface area contributed by atoms with Gasteiger partial charge in [-0.25, -0.2) is 0 Å². The summed E-state index contributed by atoms with van der Waals surface area (Å²) in [6.07, 6.45) is 4.23. The van der Waals surface area contributed by atoms with Crippen molar-refractivity contribution in [2.24, 2.45) is 5.92 Å². The summed E-state index contributed by atoms with van der Waals surface area (Å²) < 4.78 is 1.14. The molecule has 1 fully saturated rings. The minimum Gasteiger partial charge on any atom is -0.308 e. The van der Waals surface area contributed by atoms with E-state index in [4.69, 9.17) is 0 Å². The molecular weight excluding hydrogens is 262 g/mol. The van der Waals surface area contributed by atoms with E-state index in [2.05, 4.69) is 59.4 Å². The quantitative estimate of drug-likeness (QED) is 0.877. The number of benzene rings is 1. The lowest BCUT2D eigenvalue weighted by Crippen LogP contribution is -2.40. The average molecular weight is 282 g/mol. The van der Waals surface area contributed by atoms with Gasteiger partial charge < -0.3 is 5.32 Å². The molecule has 1 aromatic rings. The van der Waals surface area contributed by atoms with E-state index >= 15 is 0 Å². The first kappa shape index (κ1) is 12.1. The molecule has 0 unspecified atom stereocenters. The Labute approximate surface area is 107 Å². The van der Waals surface area contributed by atoms with Gasteiger partial charge in [-0.2, -0.15) is 0 Å². The minimum absolute atomic E-state index is 0.0797. The molecular formula is C14H20BrN. The molecule has 0 heterocycles. The summed E-state index contributed by atoms with van der Waals surface area (Å²) in [6.45, 7) is 5.67. The molecule has 1 aliphatic carbocycles. The van der Waals surface area contributed by atoms with Crippen LogP contribution in [0.2, 0.25) is 0 Å². The van der Waals surface area contributed by atoms with Crippen molar-refractivity contribution >= 4 is 15.9 Å². The predicted molar refractivity (Wildman–Crippen MR) is 72.5 cm³/mol. The van der Waals surface area contributed by atoms with Crippen LogP contribution in [0.1, 0.15) is 38.7 Å². The van der Waals surface area contributed by atoms with Crippen molar-refractivity contribution in [2.45, 2.75) is 38.6 Å². The Bertz CT molecular complexity index is 338. The van der Waals surface area contributed by atoms with Crippen molar-refractivity contribution in [3.63, 3.8) is 0 Å². The zero-order valence-electron chi connectivity index (χ0n) is 10.1. The van der Waals surface area contributed by atoms with Gasteiger partial charge in [0.25, 0.3) is 0 Å². The summed E-state index contributed by atoms with van der Waals surface area (Å²) in [5.41, 5.74) is 1.44. The molecule has 2 heteroatoms. The predicted octanol–water partition coefficient (Wildman–Crippen LogP) is 4.07. The highest BCUT2D eigenvalue weighted by atomic mass is 79.9. The van der Waals surface area contributed by atoms with Crippen LogP contribution in [-0.2, 0) is 5.54 Å². The molecule has 0 spiro atoms. The maximum Gasteiger partial charge on any atom is 0.0377 e. The molecule has 16 heavy (non-hydrogen) atoms. The minimum atomic E-state index is 0.0797. The van der Waals surface area contributed by atoms with Gasteiger partial charge in [0, 0.05) is 10.0 Å². The zero-order chi connectivity index (χ0) is 11.6. The Morgan fingerprint density at radius 2 is 1.88 bits per heavy atom. The second kappa shape index (κ2) is 4.89. The van der Waals surface area contributed by atoms with Crippen molar-refractivity contribution in [3.05, 3.63) is 34.3 Å². The lowest BCUT2D eigenvalue weighted by Gasteiger charge is -2.33. The van der Waals surface area contributed by atoms with E-state index in [1.54, 1.807) is 0 Å². The number of nitrogens with one attached hydrogen (secondary N) is 1. The first-order chi connectivity index (χ1) is 7.58. The topological polar surface area (TPSA) is 12.0 Å². The summed E-state index contributed by atoms with van der Waals surface area (Å²) in [5, 5.41) is 3.68. The number of halogens is 1. The highest BCUT2D eigenvalue weighted by Gasteiger charge is 2.23. The van der Waals surface area contributed by atoms with Crippen molar-refractivity contribution in [3.8, 4) is 0 Å². The van der Waals surface area contributed by atoms with Crippen LogP contribution in [0.5, 0.6) is 0 Å². The van der Waals surface area contributed by atoms with Gasteiger partial charge in [0.2, 0.25) is 0 Å². The molecule has 0 atom stereocenters. The van der Waals surface area contributed by atoms with E-state index in [1.165, 1.54) is 24.8 Å². The van der Waals surface area contributed by atoms with Crippen LogP contribution >= 0.6 is 15.9 Å². The average Bonchev–Trinajstić information content (AvgIpc) is 2.15. The molecule has 2 rings (SSSR count). The smallest absolute Gasteiger partial charge is 0.0377 e. The Morgan fingerprint density at radius 1 is 1.25 bits per heavy atom. The summed E-state index contributed by atoms with van der Waals surface area (Å²) >= 11 is 3.47. The van der Waals surface area contributed by atoms with E-state index in [0.717, 1.165) is 16.9 Å². The van der Waals surface area contributed by atoms with E-state index in [-0.39, 0.29) is 5.54 Å². The highest BCUT2D eigenvalue weighted by Crippen LogP contribution is 2.28. The van der Waals surface area contributed by atoms with Crippen LogP contribution in [0, 0.1) is 5.92 Å². The second-order valence-corrected chi connectivity index (χ2v) is 6.23. The van der Waals surface area contributed by atoms with Crippen LogP contribution in [-0.4, -0.2) is 6.54 Å². The first-order valence-electron chi connectivity index (χ1n) is 6.09. The first-order valence-corrected chi connectivity index (χ1v) is 6.88. The van der Waals surface area contributed by atoms with Gasteiger partial charge in [-0.1, -0.05) is 34.5 Å². The van der Waals surface area contributed by atoms with Gasteiger partial charge in [0.05, 0.1) is 0 Å². The van der Waals surface area contributed by atoms with E-state index in [0.29, 0.717) is 0 Å². The third kappa shape index (κ3) is 2.86. The van der Waals surface area contributed by atoms with Gasteiger partial charge in [-0.15, -0.1) is 0 Å². The van der Waals surface area contributed by atoms with Gasteiger partial charge in [-0.05, 0) is 56.8 Å². The molecule has 1 N–H and O–H groups in total. The number of hydrogen-bond donors (Lipinski definition) is 1. The van der Waals surface area contributed by atoms with E-state index < -0.39 is 0 Å². The van der Waals surface area contributed by atoms with Crippen molar-refractivity contribution in [1.82, 2.24) is 5.32 Å². The van der Waals surface area contributed by atoms with Crippen LogP contribution < -0.4 is 5.32 Å². The van der Waals surface area contributed by atoms with E-state index in [1.807, 2.05) is 0 Å². The Morgan fingerprint density at radius 3 is 2.38 bits per heavy atom. The summed E-state index contributed by atoms with van der Waals surface area (Å²) in [4.78, 5) is 0. The SMILES string of the molecule is CC(C)(NCC1CCC1)c1ccc(Br)cc1. The maximum absolute atomic E-state index is 3.68. The Kier molecular flexibility index (Phi) is 3.70. The Hall–Kier alpha value is -0.340. The molecule has 0 amide bonds.